The Balaban J connectivity index is 1.52. The number of aromatic nitrogens is 2. The molecule has 1 saturated heterocycles. The summed E-state index contributed by atoms with van der Waals surface area (Å²) >= 11 is 0. The second kappa shape index (κ2) is 7.60. The minimum atomic E-state index is -0.0585. The Morgan fingerprint density at radius 1 is 1.12 bits per heavy atom. The number of aryl methyl sites for hydroxylation is 1. The summed E-state index contributed by atoms with van der Waals surface area (Å²) in [7, 11) is 0. The Labute approximate surface area is 154 Å². The van der Waals surface area contributed by atoms with E-state index in [-0.39, 0.29) is 12.0 Å². The number of carbonyl (C=O) groups excluding carboxylic acids is 1. The lowest BCUT2D eigenvalue weighted by Crippen LogP contribution is -2.35. The lowest BCUT2D eigenvalue weighted by atomic mass is 9.98. The number of likely N-dealkylation sites (tertiary alicyclic amines) is 1. The summed E-state index contributed by atoms with van der Waals surface area (Å²) in [5.41, 5.74) is 2.12. The lowest BCUT2D eigenvalue weighted by molar-refractivity contribution is -0.137. The van der Waals surface area contributed by atoms with E-state index < -0.39 is 0 Å². The molecule has 2 fully saturated rings. The minimum absolute atomic E-state index is 0.0585. The Kier molecular flexibility index (Phi) is 5.05. The summed E-state index contributed by atoms with van der Waals surface area (Å²) in [5.74, 6) is 1.67. The zero-order valence-electron chi connectivity index (χ0n) is 15.5. The van der Waals surface area contributed by atoms with Crippen LogP contribution in [-0.4, -0.2) is 27.5 Å². The van der Waals surface area contributed by atoms with Gasteiger partial charge in [0.25, 0.3) is 0 Å². The predicted octanol–water partition coefficient (Wildman–Crippen LogP) is 4.68. The highest BCUT2D eigenvalue weighted by Gasteiger charge is 2.37. The molecule has 5 nitrogen and oxygen atoms in total. The molecule has 2 aromatic rings. The highest BCUT2D eigenvalue weighted by atomic mass is 16.5. The van der Waals surface area contributed by atoms with Crippen molar-refractivity contribution >= 4 is 5.91 Å². The molecule has 2 heterocycles. The van der Waals surface area contributed by atoms with Gasteiger partial charge >= 0.3 is 0 Å². The molecular formula is C21H27N3O2. The van der Waals surface area contributed by atoms with Gasteiger partial charge in [0.15, 0.2) is 0 Å². The Morgan fingerprint density at radius 2 is 1.92 bits per heavy atom. The highest BCUT2D eigenvalue weighted by molar-refractivity contribution is 5.79. The summed E-state index contributed by atoms with van der Waals surface area (Å²) in [4.78, 5) is 19.7. The molecule has 2 aliphatic rings. The van der Waals surface area contributed by atoms with Gasteiger partial charge in [0.2, 0.25) is 17.6 Å². The van der Waals surface area contributed by atoms with E-state index in [2.05, 4.69) is 29.2 Å². The molecule has 1 atom stereocenters. The maximum absolute atomic E-state index is 13.1. The molecule has 1 aliphatic heterocycles. The van der Waals surface area contributed by atoms with Crippen LogP contribution in [0.4, 0.5) is 0 Å². The summed E-state index contributed by atoms with van der Waals surface area (Å²) in [5, 5.41) is 4.17. The lowest BCUT2D eigenvalue weighted by Gasteiger charge is -2.26. The van der Waals surface area contributed by atoms with Gasteiger partial charge in [0, 0.05) is 18.0 Å². The number of nitrogens with zero attached hydrogens (tertiary/aromatic N) is 3. The van der Waals surface area contributed by atoms with Gasteiger partial charge in [-0.25, -0.2) is 0 Å². The minimum Gasteiger partial charge on any atom is -0.337 e. The van der Waals surface area contributed by atoms with Crippen LogP contribution in [0, 0.1) is 12.8 Å². The summed E-state index contributed by atoms with van der Waals surface area (Å²) < 4.78 is 5.58. The van der Waals surface area contributed by atoms with Crippen LogP contribution >= 0.6 is 0 Å². The van der Waals surface area contributed by atoms with Gasteiger partial charge in [-0.15, -0.1) is 0 Å². The van der Waals surface area contributed by atoms with E-state index in [4.69, 9.17) is 4.52 Å². The smallest absolute Gasteiger partial charge is 0.249 e. The molecule has 1 saturated carbocycles. The largest absolute Gasteiger partial charge is 0.337 e. The first kappa shape index (κ1) is 17.3. The number of rotatable bonds is 3. The zero-order chi connectivity index (χ0) is 17.9. The van der Waals surface area contributed by atoms with Gasteiger partial charge in [-0.05, 0) is 38.7 Å². The Hall–Kier alpha value is -2.17. The Morgan fingerprint density at radius 3 is 2.69 bits per heavy atom. The molecule has 1 unspecified atom stereocenters. The summed E-state index contributed by atoms with van der Waals surface area (Å²) in [6.45, 7) is 2.86. The average Bonchev–Trinajstić information content (AvgIpc) is 3.24. The fraction of sp³-hybridized carbons (Fsp3) is 0.571. The van der Waals surface area contributed by atoms with E-state index >= 15 is 0 Å². The van der Waals surface area contributed by atoms with Crippen molar-refractivity contribution in [3.05, 3.63) is 35.7 Å². The zero-order valence-corrected chi connectivity index (χ0v) is 15.5. The molecule has 138 valence electrons. The Bertz CT molecular complexity index is 762. The third-order valence-corrected chi connectivity index (χ3v) is 5.74. The van der Waals surface area contributed by atoms with Crippen molar-refractivity contribution in [2.24, 2.45) is 5.92 Å². The van der Waals surface area contributed by atoms with Gasteiger partial charge in [-0.2, -0.15) is 4.98 Å². The van der Waals surface area contributed by atoms with E-state index in [0.29, 0.717) is 17.6 Å². The van der Waals surface area contributed by atoms with Crippen molar-refractivity contribution in [2.45, 2.75) is 64.3 Å². The molecule has 0 bridgehead atoms. The normalized spacial score (nSPS) is 21.7. The van der Waals surface area contributed by atoms with E-state index in [0.717, 1.165) is 37.8 Å². The average molecular weight is 353 g/mol. The van der Waals surface area contributed by atoms with Gasteiger partial charge < -0.3 is 9.42 Å². The fourth-order valence-corrected chi connectivity index (χ4v) is 4.32. The number of benzene rings is 1. The van der Waals surface area contributed by atoms with Crippen LogP contribution in [0.1, 0.15) is 68.9 Å². The van der Waals surface area contributed by atoms with Crippen LogP contribution in [-0.2, 0) is 4.79 Å². The monoisotopic (exact) mass is 353 g/mol. The molecular weight excluding hydrogens is 326 g/mol. The maximum Gasteiger partial charge on any atom is 0.249 e. The van der Waals surface area contributed by atoms with E-state index in [1.54, 1.807) is 0 Å². The predicted molar refractivity (Wildman–Crippen MR) is 99.4 cm³/mol. The molecule has 0 N–H and O–H groups in total. The topological polar surface area (TPSA) is 59.2 Å². The van der Waals surface area contributed by atoms with Gasteiger partial charge in [-0.1, -0.05) is 54.6 Å². The molecule has 1 aromatic heterocycles. The standard InChI is InChI=1S/C21H27N3O2/c1-15-8-6-11-17(14-15)19-22-20(26-23-19)18-12-7-13-24(18)21(25)16-9-4-2-3-5-10-16/h6,8,11,14,16,18H,2-5,7,9-10,12-13H2,1H3. The molecule has 4 rings (SSSR count). The fourth-order valence-electron chi connectivity index (χ4n) is 4.32. The van der Waals surface area contributed by atoms with Gasteiger partial charge in [0.1, 0.15) is 6.04 Å². The highest BCUT2D eigenvalue weighted by Crippen LogP contribution is 2.35. The first-order chi connectivity index (χ1) is 12.7. The van der Waals surface area contributed by atoms with Gasteiger partial charge in [-0.3, -0.25) is 4.79 Å². The third-order valence-electron chi connectivity index (χ3n) is 5.74. The van der Waals surface area contributed by atoms with Crippen LogP contribution in [0.15, 0.2) is 28.8 Å². The molecule has 0 radical (unpaired) electrons. The second-order valence-electron chi connectivity index (χ2n) is 7.70. The van der Waals surface area contributed by atoms with Crippen LogP contribution in [0.3, 0.4) is 0 Å². The van der Waals surface area contributed by atoms with Crippen molar-refractivity contribution in [3.8, 4) is 11.4 Å². The molecule has 1 aromatic carbocycles. The van der Waals surface area contributed by atoms with E-state index in [9.17, 15) is 4.79 Å². The number of hydrogen-bond acceptors (Lipinski definition) is 4. The third kappa shape index (κ3) is 3.53. The van der Waals surface area contributed by atoms with E-state index in [1.807, 2.05) is 17.0 Å². The number of hydrogen-bond donors (Lipinski definition) is 0. The SMILES string of the molecule is Cc1cccc(-c2noc(C3CCCN3C(=O)C3CCCCCC3)n2)c1. The molecule has 26 heavy (non-hydrogen) atoms. The van der Waals surface area contributed by atoms with Crippen molar-refractivity contribution in [1.29, 1.82) is 0 Å². The van der Waals surface area contributed by atoms with Crippen molar-refractivity contribution in [2.75, 3.05) is 6.54 Å². The van der Waals surface area contributed by atoms with Crippen molar-refractivity contribution in [1.82, 2.24) is 15.0 Å². The summed E-state index contributed by atoms with van der Waals surface area (Å²) in [6.07, 6.45) is 8.84. The first-order valence-electron chi connectivity index (χ1n) is 9.93. The van der Waals surface area contributed by atoms with Crippen LogP contribution < -0.4 is 0 Å². The molecule has 1 aliphatic carbocycles. The quantitative estimate of drug-likeness (QED) is 0.752. The number of carbonyl (C=O) groups is 1. The van der Waals surface area contributed by atoms with Crippen LogP contribution in [0.2, 0.25) is 0 Å². The first-order valence-corrected chi connectivity index (χ1v) is 9.93. The summed E-state index contributed by atoms with van der Waals surface area (Å²) in [6, 6.07) is 8.03. The van der Waals surface area contributed by atoms with Crippen molar-refractivity contribution < 1.29 is 9.32 Å². The van der Waals surface area contributed by atoms with E-state index in [1.165, 1.54) is 31.2 Å². The van der Waals surface area contributed by atoms with Gasteiger partial charge in [0.05, 0.1) is 0 Å². The second-order valence-corrected chi connectivity index (χ2v) is 7.70. The van der Waals surface area contributed by atoms with Crippen molar-refractivity contribution in [3.63, 3.8) is 0 Å². The van der Waals surface area contributed by atoms with Crippen LogP contribution in [0.25, 0.3) is 11.4 Å². The molecule has 0 spiro atoms. The molecule has 5 heteroatoms. The molecule has 1 amide bonds. The van der Waals surface area contributed by atoms with Crippen LogP contribution in [0.5, 0.6) is 0 Å². The number of amides is 1. The maximum atomic E-state index is 13.1.